The van der Waals surface area contributed by atoms with Gasteiger partial charge in [-0.25, -0.2) is 8.42 Å². The van der Waals surface area contributed by atoms with Crippen LogP contribution in [0, 0.1) is 6.92 Å². The summed E-state index contributed by atoms with van der Waals surface area (Å²) in [5.74, 6) is 0. The topological polar surface area (TPSA) is 50.3 Å². The molecule has 21 heavy (non-hydrogen) atoms. The predicted octanol–water partition coefficient (Wildman–Crippen LogP) is 2.92. The lowest BCUT2D eigenvalue weighted by Crippen LogP contribution is -2.30. The van der Waals surface area contributed by atoms with Gasteiger partial charge in [0.05, 0.1) is 10.9 Å². The fraction of sp³-hybridized carbons (Fsp3) is 0.312. The van der Waals surface area contributed by atoms with Crippen molar-refractivity contribution in [1.82, 2.24) is 9.29 Å². The Bertz CT molecular complexity index is 729. The number of sulfonamides is 1. The van der Waals surface area contributed by atoms with Crippen molar-refractivity contribution in [3.05, 3.63) is 59.9 Å². The molecule has 1 aliphatic heterocycles. The Morgan fingerprint density at radius 3 is 2.81 bits per heavy atom. The molecule has 0 amide bonds. The smallest absolute Gasteiger partial charge is 0.243 e. The first-order valence-corrected chi connectivity index (χ1v) is 8.51. The second kappa shape index (κ2) is 5.58. The molecule has 1 unspecified atom stereocenters. The van der Waals surface area contributed by atoms with Gasteiger partial charge < -0.3 is 0 Å². The second-order valence-corrected chi connectivity index (χ2v) is 7.27. The van der Waals surface area contributed by atoms with Gasteiger partial charge in [0.15, 0.2) is 0 Å². The maximum atomic E-state index is 12.9. The Kier molecular flexibility index (Phi) is 3.78. The van der Waals surface area contributed by atoms with Crippen molar-refractivity contribution >= 4 is 10.0 Å². The predicted molar refractivity (Wildman–Crippen MR) is 81.3 cm³/mol. The summed E-state index contributed by atoms with van der Waals surface area (Å²) in [5, 5.41) is 0. The van der Waals surface area contributed by atoms with Gasteiger partial charge in [0.25, 0.3) is 0 Å². The Hall–Kier alpha value is -1.72. The highest BCUT2D eigenvalue weighted by atomic mass is 32.2. The largest absolute Gasteiger partial charge is 0.264 e. The minimum absolute atomic E-state index is 0.107. The highest BCUT2D eigenvalue weighted by Gasteiger charge is 2.36. The van der Waals surface area contributed by atoms with Crippen molar-refractivity contribution in [3.8, 4) is 0 Å². The minimum Gasteiger partial charge on any atom is -0.264 e. The molecular weight excluding hydrogens is 284 g/mol. The van der Waals surface area contributed by atoms with E-state index in [1.165, 1.54) is 0 Å². The van der Waals surface area contributed by atoms with Crippen LogP contribution < -0.4 is 0 Å². The zero-order chi connectivity index (χ0) is 14.9. The van der Waals surface area contributed by atoms with Gasteiger partial charge >= 0.3 is 0 Å². The summed E-state index contributed by atoms with van der Waals surface area (Å²) in [6, 6.07) is 10.8. The van der Waals surface area contributed by atoms with E-state index in [0.717, 1.165) is 24.0 Å². The van der Waals surface area contributed by atoms with E-state index < -0.39 is 10.0 Å². The van der Waals surface area contributed by atoms with Crippen LogP contribution in [0.2, 0.25) is 0 Å². The van der Waals surface area contributed by atoms with E-state index in [9.17, 15) is 8.42 Å². The zero-order valence-electron chi connectivity index (χ0n) is 11.9. The number of rotatable bonds is 3. The van der Waals surface area contributed by atoms with Crippen LogP contribution in [0.3, 0.4) is 0 Å². The SMILES string of the molecule is Cc1cccc(S(=O)(=O)N2CCCC2c2cccnc2)c1. The number of aryl methyl sites for hydroxylation is 1. The molecule has 0 N–H and O–H groups in total. The van der Waals surface area contributed by atoms with Gasteiger partial charge in [0.2, 0.25) is 10.0 Å². The van der Waals surface area contributed by atoms with E-state index in [1.54, 1.807) is 34.9 Å². The number of nitrogens with zero attached hydrogens (tertiary/aromatic N) is 2. The van der Waals surface area contributed by atoms with Gasteiger partial charge in [0, 0.05) is 18.9 Å². The maximum Gasteiger partial charge on any atom is 0.243 e. The molecule has 0 saturated carbocycles. The van der Waals surface area contributed by atoms with E-state index in [-0.39, 0.29) is 6.04 Å². The number of hydrogen-bond acceptors (Lipinski definition) is 3. The normalized spacial score (nSPS) is 19.8. The zero-order valence-corrected chi connectivity index (χ0v) is 12.8. The molecular formula is C16H18N2O2S. The lowest BCUT2D eigenvalue weighted by atomic mass is 10.1. The summed E-state index contributed by atoms with van der Waals surface area (Å²) in [7, 11) is -3.45. The van der Waals surface area contributed by atoms with Crippen molar-refractivity contribution in [3.63, 3.8) is 0 Å². The Morgan fingerprint density at radius 2 is 2.10 bits per heavy atom. The van der Waals surface area contributed by atoms with Crippen LogP contribution in [0.5, 0.6) is 0 Å². The summed E-state index contributed by atoms with van der Waals surface area (Å²) in [5.41, 5.74) is 1.92. The molecule has 110 valence electrons. The van der Waals surface area contributed by atoms with E-state index >= 15 is 0 Å². The fourth-order valence-corrected chi connectivity index (χ4v) is 4.63. The van der Waals surface area contributed by atoms with Crippen LogP contribution in [0.25, 0.3) is 0 Å². The first-order chi connectivity index (χ1) is 10.1. The second-order valence-electron chi connectivity index (χ2n) is 5.38. The average molecular weight is 302 g/mol. The Morgan fingerprint density at radius 1 is 1.24 bits per heavy atom. The van der Waals surface area contributed by atoms with Crippen molar-refractivity contribution < 1.29 is 8.42 Å². The van der Waals surface area contributed by atoms with Gasteiger partial charge in [-0.15, -0.1) is 0 Å². The van der Waals surface area contributed by atoms with E-state index in [1.807, 2.05) is 25.1 Å². The Balaban J connectivity index is 1.98. The lowest BCUT2D eigenvalue weighted by Gasteiger charge is -2.24. The molecule has 5 heteroatoms. The molecule has 4 nitrogen and oxygen atoms in total. The number of hydrogen-bond donors (Lipinski definition) is 0. The molecule has 1 saturated heterocycles. The van der Waals surface area contributed by atoms with Gasteiger partial charge in [0.1, 0.15) is 0 Å². The first kappa shape index (κ1) is 14.2. The van der Waals surface area contributed by atoms with E-state index in [4.69, 9.17) is 0 Å². The van der Waals surface area contributed by atoms with Gasteiger partial charge in [-0.1, -0.05) is 18.2 Å². The molecule has 1 fully saturated rings. The number of pyridine rings is 1. The van der Waals surface area contributed by atoms with Crippen LogP contribution in [-0.2, 0) is 10.0 Å². The van der Waals surface area contributed by atoms with Crippen LogP contribution in [-0.4, -0.2) is 24.3 Å². The van der Waals surface area contributed by atoms with Gasteiger partial charge in [-0.3, -0.25) is 4.98 Å². The molecule has 1 aromatic heterocycles. The summed E-state index contributed by atoms with van der Waals surface area (Å²) >= 11 is 0. The monoisotopic (exact) mass is 302 g/mol. The third kappa shape index (κ3) is 2.71. The van der Waals surface area contributed by atoms with Crippen LogP contribution in [0.1, 0.15) is 30.0 Å². The first-order valence-electron chi connectivity index (χ1n) is 7.07. The van der Waals surface area contributed by atoms with Crippen molar-refractivity contribution in [2.45, 2.75) is 30.7 Å². The standard InChI is InChI=1S/C16H18N2O2S/c1-13-5-2-7-15(11-13)21(19,20)18-10-4-8-16(18)14-6-3-9-17-12-14/h2-3,5-7,9,11-12,16H,4,8,10H2,1H3. The highest BCUT2D eigenvalue weighted by molar-refractivity contribution is 7.89. The number of aromatic nitrogens is 1. The average Bonchev–Trinajstić information content (AvgIpc) is 2.98. The van der Waals surface area contributed by atoms with Crippen molar-refractivity contribution in [2.24, 2.45) is 0 Å². The van der Waals surface area contributed by atoms with E-state index in [0.29, 0.717) is 11.4 Å². The number of benzene rings is 1. The summed E-state index contributed by atoms with van der Waals surface area (Å²) in [6.07, 6.45) is 5.19. The summed E-state index contributed by atoms with van der Waals surface area (Å²) in [6.45, 7) is 2.47. The maximum absolute atomic E-state index is 12.9. The van der Waals surface area contributed by atoms with Crippen LogP contribution in [0.15, 0.2) is 53.7 Å². The molecule has 1 atom stereocenters. The molecule has 0 radical (unpaired) electrons. The summed E-state index contributed by atoms with van der Waals surface area (Å²) in [4.78, 5) is 4.48. The van der Waals surface area contributed by atoms with Crippen LogP contribution >= 0.6 is 0 Å². The molecule has 0 aliphatic carbocycles. The van der Waals surface area contributed by atoms with Crippen molar-refractivity contribution in [2.75, 3.05) is 6.54 Å². The fourth-order valence-electron chi connectivity index (χ4n) is 2.85. The third-order valence-corrected chi connectivity index (χ3v) is 5.77. The minimum atomic E-state index is -3.45. The molecule has 2 aromatic rings. The summed E-state index contributed by atoms with van der Waals surface area (Å²) < 4.78 is 27.4. The van der Waals surface area contributed by atoms with Gasteiger partial charge in [-0.05, 0) is 49.1 Å². The molecule has 1 aromatic carbocycles. The Labute approximate surface area is 125 Å². The van der Waals surface area contributed by atoms with E-state index in [2.05, 4.69) is 4.98 Å². The highest BCUT2D eigenvalue weighted by Crippen LogP contribution is 2.36. The van der Waals surface area contributed by atoms with Gasteiger partial charge in [-0.2, -0.15) is 4.31 Å². The molecule has 1 aliphatic rings. The molecule has 3 rings (SSSR count). The molecule has 0 spiro atoms. The van der Waals surface area contributed by atoms with Crippen LogP contribution in [0.4, 0.5) is 0 Å². The third-order valence-electron chi connectivity index (χ3n) is 3.87. The molecule has 0 bridgehead atoms. The van der Waals surface area contributed by atoms with Crippen molar-refractivity contribution in [1.29, 1.82) is 0 Å². The molecule has 2 heterocycles. The lowest BCUT2D eigenvalue weighted by molar-refractivity contribution is 0.396. The quantitative estimate of drug-likeness (QED) is 0.876.